The summed E-state index contributed by atoms with van der Waals surface area (Å²) in [7, 11) is 0. The first-order valence-electron chi connectivity index (χ1n) is 7.79. The normalized spacial score (nSPS) is 22.8. The maximum atomic E-state index is 12.5. The first kappa shape index (κ1) is 17.1. The van der Waals surface area contributed by atoms with Gasteiger partial charge in [-0.05, 0) is 26.7 Å². The van der Waals surface area contributed by atoms with Crippen molar-refractivity contribution in [1.29, 1.82) is 0 Å². The van der Waals surface area contributed by atoms with Gasteiger partial charge in [-0.3, -0.25) is 14.4 Å². The van der Waals surface area contributed by atoms with Gasteiger partial charge in [0.05, 0.1) is 11.3 Å². The molecular weight excluding hydrogens is 302 g/mol. The van der Waals surface area contributed by atoms with Gasteiger partial charge in [0.15, 0.2) is 0 Å². The smallest absolute Gasteiger partial charge is 0.243 e. The van der Waals surface area contributed by atoms with Gasteiger partial charge in [0.2, 0.25) is 17.7 Å². The summed E-state index contributed by atoms with van der Waals surface area (Å²) in [5, 5.41) is 2.77. The van der Waals surface area contributed by atoms with Crippen LogP contribution in [0.15, 0.2) is 0 Å². The van der Waals surface area contributed by atoms with E-state index in [1.54, 1.807) is 30.5 Å². The predicted molar refractivity (Wildman–Crippen MR) is 85.9 cm³/mol. The minimum absolute atomic E-state index is 0.0797. The number of carbonyl (C=O) groups excluding carboxylic acids is 3. The van der Waals surface area contributed by atoms with Crippen molar-refractivity contribution in [2.24, 2.45) is 17.1 Å². The van der Waals surface area contributed by atoms with E-state index < -0.39 is 17.4 Å². The highest BCUT2D eigenvalue weighted by Crippen LogP contribution is 2.30. The second-order valence-corrected chi connectivity index (χ2v) is 7.77. The summed E-state index contributed by atoms with van der Waals surface area (Å²) in [5.41, 5.74) is 4.52. The van der Waals surface area contributed by atoms with Crippen LogP contribution in [0.25, 0.3) is 0 Å². The van der Waals surface area contributed by atoms with E-state index in [1.165, 1.54) is 0 Å². The Kier molecular flexibility index (Phi) is 5.36. The minimum atomic E-state index is -0.790. The second kappa shape index (κ2) is 6.89. The van der Waals surface area contributed by atoms with E-state index in [-0.39, 0.29) is 24.3 Å². The lowest BCUT2D eigenvalue weighted by Crippen LogP contribution is -2.51. The van der Waals surface area contributed by atoms with Gasteiger partial charge < -0.3 is 16.0 Å². The topological polar surface area (TPSA) is 92.5 Å². The zero-order chi connectivity index (χ0) is 16.3. The fourth-order valence-corrected chi connectivity index (χ4v) is 3.96. The summed E-state index contributed by atoms with van der Waals surface area (Å²) in [6.07, 6.45) is 4.06. The summed E-state index contributed by atoms with van der Waals surface area (Å²) >= 11 is 1.60. The lowest BCUT2D eigenvalue weighted by molar-refractivity contribution is -0.141. The Balaban J connectivity index is 1.93. The molecule has 1 unspecified atom stereocenters. The molecular formula is C15H25N3O3S. The number of rotatable bonds is 5. The van der Waals surface area contributed by atoms with Crippen LogP contribution in [0, 0.1) is 11.3 Å². The van der Waals surface area contributed by atoms with Crippen molar-refractivity contribution >= 4 is 29.5 Å². The molecule has 2 rings (SSSR count). The van der Waals surface area contributed by atoms with E-state index in [2.05, 4.69) is 5.32 Å². The van der Waals surface area contributed by atoms with Crippen LogP contribution in [0.1, 0.15) is 39.5 Å². The average Bonchev–Trinajstić information content (AvgIpc) is 3.14. The fraction of sp³-hybridized carbons (Fsp3) is 0.800. The molecule has 2 fully saturated rings. The summed E-state index contributed by atoms with van der Waals surface area (Å²) in [6.45, 7) is 3.58. The quantitative estimate of drug-likeness (QED) is 0.777. The Bertz CT molecular complexity index is 461. The van der Waals surface area contributed by atoms with Crippen LogP contribution >= 0.6 is 11.8 Å². The molecule has 0 radical (unpaired) electrons. The number of hydrogen-bond acceptors (Lipinski definition) is 4. The lowest BCUT2D eigenvalue weighted by atomic mass is 9.92. The third kappa shape index (κ3) is 3.74. The molecule has 1 saturated heterocycles. The Labute approximate surface area is 135 Å². The van der Waals surface area contributed by atoms with Crippen LogP contribution in [0.2, 0.25) is 0 Å². The van der Waals surface area contributed by atoms with Crippen LogP contribution in [0.4, 0.5) is 0 Å². The molecule has 3 amide bonds. The molecule has 0 spiro atoms. The molecule has 0 aromatic rings. The third-order valence-electron chi connectivity index (χ3n) is 4.54. The summed E-state index contributed by atoms with van der Waals surface area (Å²) in [5.74, 6) is 0.736. The third-order valence-corrected chi connectivity index (χ3v) is 5.56. The largest absolute Gasteiger partial charge is 0.369 e. The molecule has 22 heavy (non-hydrogen) atoms. The van der Waals surface area contributed by atoms with E-state index >= 15 is 0 Å². The Hall–Kier alpha value is -1.24. The molecule has 1 heterocycles. The van der Waals surface area contributed by atoms with Gasteiger partial charge in [-0.15, -0.1) is 11.8 Å². The summed E-state index contributed by atoms with van der Waals surface area (Å²) in [6, 6.07) is -0.429. The van der Waals surface area contributed by atoms with E-state index in [4.69, 9.17) is 5.73 Å². The van der Waals surface area contributed by atoms with Crippen molar-refractivity contribution in [3.05, 3.63) is 0 Å². The number of amides is 3. The predicted octanol–water partition coefficient (Wildman–Crippen LogP) is 0.706. The Morgan fingerprint density at radius 2 is 1.91 bits per heavy atom. The average molecular weight is 327 g/mol. The number of thioether (sulfide) groups is 1. The zero-order valence-corrected chi connectivity index (χ0v) is 14.1. The molecule has 2 aliphatic rings. The zero-order valence-electron chi connectivity index (χ0n) is 13.3. The highest BCUT2D eigenvalue weighted by molar-refractivity contribution is 7.99. The van der Waals surface area contributed by atoms with Crippen LogP contribution in [-0.2, 0) is 14.4 Å². The van der Waals surface area contributed by atoms with Gasteiger partial charge in [0.25, 0.3) is 0 Å². The first-order valence-corrected chi connectivity index (χ1v) is 8.94. The molecule has 1 atom stereocenters. The van der Waals surface area contributed by atoms with Crippen molar-refractivity contribution in [2.75, 3.05) is 18.2 Å². The van der Waals surface area contributed by atoms with Crippen molar-refractivity contribution in [2.45, 2.75) is 45.6 Å². The molecule has 0 aromatic heterocycles. The molecule has 6 nitrogen and oxygen atoms in total. The highest BCUT2D eigenvalue weighted by Gasteiger charge is 2.38. The number of nitrogens with two attached hydrogens (primary N) is 1. The second-order valence-electron chi connectivity index (χ2n) is 6.77. The number of nitrogens with zero attached hydrogens (tertiary/aromatic N) is 1. The molecule has 1 aliphatic carbocycles. The van der Waals surface area contributed by atoms with Crippen molar-refractivity contribution < 1.29 is 14.4 Å². The molecule has 0 bridgehead atoms. The molecule has 0 aromatic carbocycles. The van der Waals surface area contributed by atoms with E-state index in [9.17, 15) is 14.4 Å². The molecule has 1 aliphatic heterocycles. The van der Waals surface area contributed by atoms with Crippen molar-refractivity contribution in [1.82, 2.24) is 10.2 Å². The molecule has 3 N–H and O–H groups in total. The van der Waals surface area contributed by atoms with Gasteiger partial charge in [-0.1, -0.05) is 12.8 Å². The van der Waals surface area contributed by atoms with E-state index in [1.807, 2.05) is 0 Å². The SMILES string of the molecule is CC(C)(CNC(=O)C1CSCN1C(=O)C1CCCC1)C(N)=O. The van der Waals surface area contributed by atoms with Gasteiger partial charge in [-0.2, -0.15) is 0 Å². The van der Waals surface area contributed by atoms with E-state index in [0.717, 1.165) is 25.7 Å². The van der Waals surface area contributed by atoms with Gasteiger partial charge in [-0.25, -0.2) is 0 Å². The number of nitrogens with one attached hydrogen (secondary N) is 1. The van der Waals surface area contributed by atoms with Crippen LogP contribution in [-0.4, -0.2) is 46.8 Å². The van der Waals surface area contributed by atoms with Crippen LogP contribution in [0.3, 0.4) is 0 Å². The molecule has 124 valence electrons. The molecule has 1 saturated carbocycles. The lowest BCUT2D eigenvalue weighted by Gasteiger charge is -2.27. The van der Waals surface area contributed by atoms with Gasteiger partial charge in [0, 0.05) is 18.2 Å². The van der Waals surface area contributed by atoms with E-state index in [0.29, 0.717) is 11.6 Å². The van der Waals surface area contributed by atoms with Crippen molar-refractivity contribution in [3.63, 3.8) is 0 Å². The number of hydrogen-bond donors (Lipinski definition) is 2. The molecule has 7 heteroatoms. The maximum absolute atomic E-state index is 12.5. The van der Waals surface area contributed by atoms with Gasteiger partial charge in [0.1, 0.15) is 6.04 Å². The fourth-order valence-electron chi connectivity index (χ4n) is 2.80. The first-order chi connectivity index (χ1) is 10.3. The van der Waals surface area contributed by atoms with Crippen LogP contribution in [0.5, 0.6) is 0 Å². The summed E-state index contributed by atoms with van der Waals surface area (Å²) < 4.78 is 0. The van der Waals surface area contributed by atoms with Gasteiger partial charge >= 0.3 is 0 Å². The Morgan fingerprint density at radius 3 is 2.50 bits per heavy atom. The summed E-state index contributed by atoms with van der Waals surface area (Å²) in [4.78, 5) is 37.9. The maximum Gasteiger partial charge on any atom is 0.243 e. The number of primary amides is 1. The Morgan fingerprint density at radius 1 is 1.27 bits per heavy atom. The van der Waals surface area contributed by atoms with Crippen molar-refractivity contribution in [3.8, 4) is 0 Å². The standard InChI is InChI=1S/C15H25N3O3S/c1-15(2,14(16)21)8-17-12(19)11-7-22-9-18(11)13(20)10-5-3-4-6-10/h10-11H,3-9H2,1-2H3,(H2,16,21)(H,17,19). The minimum Gasteiger partial charge on any atom is -0.369 e. The highest BCUT2D eigenvalue weighted by atomic mass is 32.2. The number of carbonyl (C=O) groups is 3. The monoisotopic (exact) mass is 327 g/mol. The van der Waals surface area contributed by atoms with Crippen LogP contribution < -0.4 is 11.1 Å².